The van der Waals surface area contributed by atoms with Crippen molar-refractivity contribution in [2.45, 2.75) is 19.4 Å². The van der Waals surface area contributed by atoms with Gasteiger partial charge in [-0.1, -0.05) is 68.1 Å². The number of halogens is 4. The third-order valence-corrected chi connectivity index (χ3v) is 4.92. The molecule has 21 heavy (non-hydrogen) atoms. The fourth-order valence-corrected chi connectivity index (χ4v) is 3.52. The lowest BCUT2D eigenvalue weighted by molar-refractivity contribution is 0.597. The zero-order chi connectivity index (χ0) is 15.4. The molecule has 1 atom stereocenters. The molecule has 0 bridgehead atoms. The van der Waals surface area contributed by atoms with E-state index in [4.69, 9.17) is 23.2 Å². The second-order valence-electron chi connectivity index (χ2n) is 4.72. The molecule has 0 aromatic heterocycles. The van der Waals surface area contributed by atoms with Crippen LogP contribution in [0.1, 0.15) is 30.5 Å². The minimum Gasteiger partial charge on any atom is -0.306 e. The van der Waals surface area contributed by atoms with E-state index in [0.29, 0.717) is 10.0 Å². The summed E-state index contributed by atoms with van der Waals surface area (Å²) in [7, 11) is 0. The van der Waals surface area contributed by atoms with Crippen molar-refractivity contribution >= 4 is 55.1 Å². The highest BCUT2D eigenvalue weighted by atomic mass is 79.9. The molecule has 2 aromatic carbocycles. The van der Waals surface area contributed by atoms with Gasteiger partial charge in [0, 0.05) is 19.0 Å². The molecule has 2 aromatic rings. The molecule has 0 heterocycles. The zero-order valence-electron chi connectivity index (χ0n) is 11.5. The van der Waals surface area contributed by atoms with E-state index in [0.717, 1.165) is 33.0 Å². The van der Waals surface area contributed by atoms with Crippen LogP contribution >= 0.6 is 55.1 Å². The van der Waals surface area contributed by atoms with Gasteiger partial charge in [0.2, 0.25) is 0 Å². The summed E-state index contributed by atoms with van der Waals surface area (Å²) in [5.74, 6) is 0. The van der Waals surface area contributed by atoms with Crippen molar-refractivity contribution in [1.29, 1.82) is 0 Å². The Bertz CT molecular complexity index is 632. The van der Waals surface area contributed by atoms with Gasteiger partial charge in [-0.3, -0.25) is 0 Å². The van der Waals surface area contributed by atoms with Gasteiger partial charge in [-0.2, -0.15) is 0 Å². The van der Waals surface area contributed by atoms with Crippen LogP contribution in [0.25, 0.3) is 0 Å². The maximum absolute atomic E-state index is 6.39. The summed E-state index contributed by atoms with van der Waals surface area (Å²) in [6.45, 7) is 3.05. The first-order valence-corrected chi connectivity index (χ1v) is 9.00. The van der Waals surface area contributed by atoms with Crippen molar-refractivity contribution in [3.05, 3.63) is 66.5 Å². The summed E-state index contributed by atoms with van der Waals surface area (Å²) in [6.07, 6.45) is 1.05. The van der Waals surface area contributed by atoms with Gasteiger partial charge in [0.1, 0.15) is 0 Å². The zero-order valence-corrected chi connectivity index (χ0v) is 16.2. The Balaban J connectivity index is 2.49. The lowest BCUT2D eigenvalue weighted by atomic mass is 9.98. The third kappa shape index (κ3) is 4.46. The van der Waals surface area contributed by atoms with E-state index in [9.17, 15) is 0 Å². The predicted molar refractivity (Wildman–Crippen MR) is 98.4 cm³/mol. The van der Waals surface area contributed by atoms with E-state index in [1.54, 1.807) is 6.07 Å². The van der Waals surface area contributed by atoms with Crippen LogP contribution in [-0.4, -0.2) is 6.54 Å². The molecule has 112 valence electrons. The van der Waals surface area contributed by atoms with Gasteiger partial charge >= 0.3 is 0 Å². The van der Waals surface area contributed by atoms with Crippen molar-refractivity contribution in [1.82, 2.24) is 5.32 Å². The van der Waals surface area contributed by atoms with E-state index < -0.39 is 0 Å². The van der Waals surface area contributed by atoms with E-state index >= 15 is 0 Å². The summed E-state index contributed by atoms with van der Waals surface area (Å²) in [5, 5.41) is 4.87. The Morgan fingerprint density at radius 3 is 2.48 bits per heavy atom. The van der Waals surface area contributed by atoms with Gasteiger partial charge < -0.3 is 5.32 Å². The maximum Gasteiger partial charge on any atom is 0.0603 e. The van der Waals surface area contributed by atoms with Crippen molar-refractivity contribution in [2.24, 2.45) is 0 Å². The highest BCUT2D eigenvalue weighted by molar-refractivity contribution is 9.11. The first-order chi connectivity index (χ1) is 10.0. The molecule has 1 nitrogen and oxygen atoms in total. The van der Waals surface area contributed by atoms with Crippen molar-refractivity contribution in [2.75, 3.05) is 6.54 Å². The quantitative estimate of drug-likeness (QED) is 0.539. The standard InChI is InChI=1S/C16H15Br2Cl2N/c1-2-7-21-16(12-5-4-11(19)9-15(12)20)13-8-10(17)3-6-14(13)18/h3-6,8-9,16,21H,2,7H2,1H3. The lowest BCUT2D eigenvalue weighted by Crippen LogP contribution is -2.24. The second kappa shape index (κ2) is 7.98. The third-order valence-electron chi connectivity index (χ3n) is 3.14. The number of hydrogen-bond acceptors (Lipinski definition) is 1. The fourth-order valence-electron chi connectivity index (χ4n) is 2.15. The molecule has 0 aliphatic heterocycles. The summed E-state index contributed by atoms with van der Waals surface area (Å²) < 4.78 is 2.08. The topological polar surface area (TPSA) is 12.0 Å². The molecule has 1 unspecified atom stereocenters. The number of nitrogens with one attached hydrogen (secondary N) is 1. The Morgan fingerprint density at radius 2 is 1.81 bits per heavy atom. The average molecular weight is 452 g/mol. The molecule has 0 spiro atoms. The maximum atomic E-state index is 6.39. The summed E-state index contributed by atoms with van der Waals surface area (Å²) in [5.41, 5.74) is 2.16. The van der Waals surface area contributed by atoms with Gasteiger partial charge in [-0.05, 0) is 54.4 Å². The molecular formula is C16H15Br2Cl2N. The van der Waals surface area contributed by atoms with Crippen LogP contribution in [-0.2, 0) is 0 Å². The second-order valence-corrected chi connectivity index (χ2v) is 7.33. The van der Waals surface area contributed by atoms with E-state index in [-0.39, 0.29) is 6.04 Å². The largest absolute Gasteiger partial charge is 0.306 e. The minimum atomic E-state index is 0.0154. The molecule has 0 amide bonds. The Morgan fingerprint density at radius 1 is 1.05 bits per heavy atom. The molecule has 0 aliphatic carbocycles. The molecule has 5 heteroatoms. The first-order valence-electron chi connectivity index (χ1n) is 6.66. The van der Waals surface area contributed by atoms with Gasteiger partial charge in [-0.15, -0.1) is 0 Å². The molecule has 1 N–H and O–H groups in total. The Hall–Kier alpha value is -0.0600. The molecular weight excluding hydrogens is 437 g/mol. The van der Waals surface area contributed by atoms with Crippen LogP contribution in [0.4, 0.5) is 0 Å². The monoisotopic (exact) mass is 449 g/mol. The van der Waals surface area contributed by atoms with Gasteiger partial charge in [0.15, 0.2) is 0 Å². The highest BCUT2D eigenvalue weighted by Gasteiger charge is 2.19. The minimum absolute atomic E-state index is 0.0154. The van der Waals surface area contributed by atoms with Crippen molar-refractivity contribution < 1.29 is 0 Å². The molecule has 0 saturated heterocycles. The molecule has 2 rings (SSSR count). The smallest absolute Gasteiger partial charge is 0.0603 e. The molecule has 0 saturated carbocycles. The number of rotatable bonds is 5. The van der Waals surface area contributed by atoms with Gasteiger partial charge in [0.25, 0.3) is 0 Å². The first kappa shape index (κ1) is 17.3. The molecule has 0 fully saturated rings. The summed E-state index contributed by atoms with van der Waals surface area (Å²) in [4.78, 5) is 0. The van der Waals surface area contributed by atoms with Gasteiger partial charge in [0.05, 0.1) is 6.04 Å². The van der Waals surface area contributed by atoms with Crippen LogP contribution in [0.15, 0.2) is 45.3 Å². The van der Waals surface area contributed by atoms with Crippen molar-refractivity contribution in [3.8, 4) is 0 Å². The number of benzene rings is 2. The summed E-state index contributed by atoms with van der Waals surface area (Å²) >= 11 is 19.6. The van der Waals surface area contributed by atoms with Crippen LogP contribution in [0.2, 0.25) is 10.0 Å². The van der Waals surface area contributed by atoms with Gasteiger partial charge in [-0.25, -0.2) is 0 Å². The van der Waals surface area contributed by atoms with E-state index in [1.807, 2.05) is 24.3 Å². The highest BCUT2D eigenvalue weighted by Crippen LogP contribution is 2.35. The molecule has 0 aliphatic rings. The van der Waals surface area contributed by atoms with Crippen molar-refractivity contribution in [3.63, 3.8) is 0 Å². The van der Waals surface area contributed by atoms with Crippen LogP contribution in [0.5, 0.6) is 0 Å². The number of hydrogen-bond donors (Lipinski definition) is 1. The summed E-state index contributed by atoms with van der Waals surface area (Å²) in [6, 6.07) is 11.8. The Kier molecular flexibility index (Phi) is 6.57. The van der Waals surface area contributed by atoms with Crippen LogP contribution < -0.4 is 5.32 Å². The van der Waals surface area contributed by atoms with Crippen LogP contribution in [0.3, 0.4) is 0 Å². The van der Waals surface area contributed by atoms with Crippen LogP contribution in [0, 0.1) is 0 Å². The van der Waals surface area contributed by atoms with E-state index in [1.165, 1.54) is 0 Å². The lowest BCUT2D eigenvalue weighted by Gasteiger charge is -2.22. The normalized spacial score (nSPS) is 12.4. The molecule has 0 radical (unpaired) electrons. The Labute approximate surface area is 152 Å². The SMILES string of the molecule is CCCNC(c1ccc(Cl)cc1Cl)c1cc(Br)ccc1Br. The average Bonchev–Trinajstić information content (AvgIpc) is 2.44. The fraction of sp³-hybridized carbons (Fsp3) is 0.250. The predicted octanol–water partition coefficient (Wildman–Crippen LogP) is 6.61. The van der Waals surface area contributed by atoms with E-state index in [2.05, 4.69) is 50.2 Å².